The minimum Gasteiger partial charge on any atom is -0.507 e. The minimum atomic E-state index is -0.171. The molecular weight excluding hydrogens is 381 g/mol. The van der Waals surface area contributed by atoms with Gasteiger partial charge in [-0.3, -0.25) is 9.48 Å². The Labute approximate surface area is 137 Å². The Hall–Kier alpha value is -1.57. The Morgan fingerprint density at radius 1 is 1.38 bits per heavy atom. The topological polar surface area (TPSA) is 67.2 Å². The van der Waals surface area contributed by atoms with Gasteiger partial charge in [-0.15, -0.1) is 0 Å². The highest BCUT2D eigenvalue weighted by atomic mass is 127. The van der Waals surface area contributed by atoms with Gasteiger partial charge in [0.2, 0.25) is 0 Å². The zero-order valence-corrected chi connectivity index (χ0v) is 14.2. The van der Waals surface area contributed by atoms with Gasteiger partial charge in [-0.2, -0.15) is 5.10 Å². The van der Waals surface area contributed by atoms with Crippen LogP contribution in [0, 0.1) is 17.4 Å². The second-order valence-corrected chi connectivity index (χ2v) is 6.09. The van der Waals surface area contributed by atoms with Crippen molar-refractivity contribution in [2.24, 2.45) is 0 Å². The van der Waals surface area contributed by atoms with Crippen LogP contribution in [0.4, 0.5) is 0 Å². The number of rotatable bonds is 5. The van der Waals surface area contributed by atoms with Gasteiger partial charge in [0.1, 0.15) is 5.75 Å². The van der Waals surface area contributed by atoms with Crippen LogP contribution in [0.3, 0.4) is 0 Å². The lowest BCUT2D eigenvalue weighted by atomic mass is 10.2. The quantitative estimate of drug-likeness (QED) is 0.600. The summed E-state index contributed by atoms with van der Waals surface area (Å²) in [6, 6.07) is 6.95. The molecule has 0 radical (unpaired) electrons. The molecule has 0 saturated carbocycles. The number of amides is 1. The summed E-state index contributed by atoms with van der Waals surface area (Å²) >= 11 is 2.02. The van der Waals surface area contributed by atoms with Crippen molar-refractivity contribution in [2.45, 2.75) is 26.8 Å². The van der Waals surface area contributed by atoms with Gasteiger partial charge < -0.3 is 10.4 Å². The molecule has 0 aliphatic rings. The van der Waals surface area contributed by atoms with Crippen molar-refractivity contribution in [2.75, 3.05) is 6.54 Å². The maximum Gasteiger partial charge on any atom is 0.251 e. The fourth-order valence-corrected chi connectivity index (χ4v) is 2.42. The van der Waals surface area contributed by atoms with Gasteiger partial charge in [0.25, 0.3) is 5.91 Å². The predicted octanol–water partition coefficient (Wildman–Crippen LogP) is 2.63. The van der Waals surface area contributed by atoms with Gasteiger partial charge in [-0.25, -0.2) is 0 Å². The first-order valence-corrected chi connectivity index (χ1v) is 7.83. The molecule has 1 heterocycles. The lowest BCUT2D eigenvalue weighted by Crippen LogP contribution is -2.25. The van der Waals surface area contributed by atoms with E-state index in [0.29, 0.717) is 12.1 Å². The summed E-state index contributed by atoms with van der Waals surface area (Å²) in [6.45, 7) is 5.34. The number of nitrogens with one attached hydrogen (secondary N) is 1. The van der Waals surface area contributed by atoms with Crippen LogP contribution in [-0.4, -0.2) is 27.3 Å². The smallest absolute Gasteiger partial charge is 0.251 e. The van der Waals surface area contributed by atoms with Crippen LogP contribution < -0.4 is 5.32 Å². The van der Waals surface area contributed by atoms with Crippen LogP contribution in [0.25, 0.3) is 0 Å². The average Bonchev–Trinajstić information content (AvgIpc) is 2.76. The van der Waals surface area contributed by atoms with Crippen LogP contribution in [0.15, 0.2) is 24.3 Å². The summed E-state index contributed by atoms with van der Waals surface area (Å²) < 4.78 is 2.67. The summed E-state index contributed by atoms with van der Waals surface area (Å²) in [4.78, 5) is 11.9. The van der Waals surface area contributed by atoms with Crippen molar-refractivity contribution in [3.8, 4) is 5.75 Å². The number of benzene rings is 1. The molecule has 0 fully saturated rings. The molecular formula is C15H18IN3O2. The molecule has 21 heavy (non-hydrogen) atoms. The molecule has 0 saturated heterocycles. The summed E-state index contributed by atoms with van der Waals surface area (Å²) in [5, 5.41) is 16.8. The SMILES string of the molecule is Cc1cc(C)n(CCCNC(=O)c2ccc(I)c(O)c2)n1. The maximum atomic E-state index is 11.9. The van der Waals surface area contributed by atoms with Crippen molar-refractivity contribution in [3.63, 3.8) is 0 Å². The number of aromatic nitrogens is 2. The number of halogens is 1. The second kappa shape index (κ2) is 6.93. The van der Waals surface area contributed by atoms with E-state index in [9.17, 15) is 9.90 Å². The van der Waals surface area contributed by atoms with E-state index in [1.165, 1.54) is 6.07 Å². The minimum absolute atomic E-state index is 0.130. The average molecular weight is 399 g/mol. The fraction of sp³-hybridized carbons (Fsp3) is 0.333. The molecule has 2 aromatic rings. The van der Waals surface area contributed by atoms with E-state index < -0.39 is 0 Å². The third-order valence-electron chi connectivity index (χ3n) is 3.14. The van der Waals surface area contributed by atoms with Crippen molar-refractivity contribution < 1.29 is 9.90 Å². The van der Waals surface area contributed by atoms with Crippen LogP contribution >= 0.6 is 22.6 Å². The van der Waals surface area contributed by atoms with E-state index in [2.05, 4.69) is 10.4 Å². The molecule has 112 valence electrons. The predicted molar refractivity (Wildman–Crippen MR) is 89.5 cm³/mol. The third kappa shape index (κ3) is 4.20. The Morgan fingerprint density at radius 2 is 2.14 bits per heavy atom. The highest BCUT2D eigenvalue weighted by Crippen LogP contribution is 2.20. The van der Waals surface area contributed by atoms with Gasteiger partial charge >= 0.3 is 0 Å². The highest BCUT2D eigenvalue weighted by Gasteiger charge is 2.08. The summed E-state index contributed by atoms with van der Waals surface area (Å²) in [5.41, 5.74) is 2.60. The first kappa shape index (κ1) is 15.8. The molecule has 0 spiro atoms. The van der Waals surface area contributed by atoms with Gasteiger partial charge in [0, 0.05) is 24.3 Å². The fourth-order valence-electron chi connectivity index (χ4n) is 2.09. The molecule has 0 aliphatic heterocycles. The number of carbonyl (C=O) groups is 1. The molecule has 0 aliphatic carbocycles. The molecule has 1 amide bonds. The zero-order valence-electron chi connectivity index (χ0n) is 12.1. The molecule has 0 unspecified atom stereocenters. The molecule has 0 atom stereocenters. The number of hydrogen-bond acceptors (Lipinski definition) is 3. The van der Waals surface area contributed by atoms with Crippen LogP contribution in [0.1, 0.15) is 28.2 Å². The van der Waals surface area contributed by atoms with Crippen LogP contribution in [0.5, 0.6) is 5.75 Å². The van der Waals surface area contributed by atoms with E-state index in [0.717, 1.165) is 27.9 Å². The van der Waals surface area contributed by atoms with E-state index in [1.807, 2.05) is 47.2 Å². The number of phenols is 1. The summed E-state index contributed by atoms with van der Waals surface area (Å²) in [6.07, 6.45) is 0.810. The third-order valence-corrected chi connectivity index (χ3v) is 4.06. The molecule has 0 bridgehead atoms. The van der Waals surface area contributed by atoms with E-state index in [-0.39, 0.29) is 11.7 Å². The molecule has 5 nitrogen and oxygen atoms in total. The summed E-state index contributed by atoms with van der Waals surface area (Å²) in [5.74, 6) is -0.0408. The highest BCUT2D eigenvalue weighted by molar-refractivity contribution is 14.1. The van der Waals surface area contributed by atoms with Gasteiger partial charge in [0.05, 0.1) is 9.26 Å². The normalized spacial score (nSPS) is 10.6. The van der Waals surface area contributed by atoms with Gasteiger partial charge in [0.15, 0.2) is 0 Å². The number of carbonyl (C=O) groups excluding carboxylic acids is 1. The first-order valence-electron chi connectivity index (χ1n) is 6.75. The number of nitrogens with zero attached hydrogens (tertiary/aromatic N) is 2. The molecule has 6 heteroatoms. The van der Waals surface area contributed by atoms with Crippen molar-refractivity contribution >= 4 is 28.5 Å². The lowest BCUT2D eigenvalue weighted by Gasteiger charge is -2.07. The largest absolute Gasteiger partial charge is 0.507 e. The Balaban J connectivity index is 1.81. The molecule has 2 N–H and O–H groups in total. The molecule has 1 aromatic heterocycles. The Morgan fingerprint density at radius 3 is 2.76 bits per heavy atom. The van der Waals surface area contributed by atoms with Crippen LogP contribution in [-0.2, 0) is 6.54 Å². The van der Waals surface area contributed by atoms with Crippen molar-refractivity contribution in [1.29, 1.82) is 0 Å². The maximum absolute atomic E-state index is 11.9. The molecule has 2 rings (SSSR count). The summed E-state index contributed by atoms with van der Waals surface area (Å²) in [7, 11) is 0. The van der Waals surface area contributed by atoms with E-state index in [1.54, 1.807) is 12.1 Å². The number of phenolic OH excluding ortho intramolecular Hbond substituents is 1. The van der Waals surface area contributed by atoms with Crippen molar-refractivity contribution in [3.05, 3.63) is 44.8 Å². The number of aryl methyl sites for hydroxylation is 3. The monoisotopic (exact) mass is 399 g/mol. The Bertz CT molecular complexity index is 652. The number of hydrogen-bond donors (Lipinski definition) is 2. The molecule has 1 aromatic carbocycles. The van der Waals surface area contributed by atoms with E-state index in [4.69, 9.17) is 0 Å². The number of aromatic hydroxyl groups is 1. The van der Waals surface area contributed by atoms with E-state index >= 15 is 0 Å². The van der Waals surface area contributed by atoms with Crippen LogP contribution in [0.2, 0.25) is 0 Å². The second-order valence-electron chi connectivity index (χ2n) is 4.93. The van der Waals surface area contributed by atoms with Crippen molar-refractivity contribution in [1.82, 2.24) is 15.1 Å². The standard InChI is InChI=1S/C15H18IN3O2/c1-10-8-11(2)19(18-10)7-3-6-17-15(21)12-4-5-13(16)14(20)9-12/h4-5,8-9,20H,3,6-7H2,1-2H3,(H,17,21). The first-order chi connectivity index (χ1) is 9.97. The van der Waals surface area contributed by atoms with Gasteiger partial charge in [-0.05, 0) is 67.1 Å². The lowest BCUT2D eigenvalue weighted by molar-refractivity contribution is 0.0952. The van der Waals surface area contributed by atoms with Gasteiger partial charge in [-0.1, -0.05) is 0 Å². The zero-order chi connectivity index (χ0) is 15.4. The Kier molecular flexibility index (Phi) is 5.22.